The van der Waals surface area contributed by atoms with E-state index in [1.807, 2.05) is 18.9 Å². The summed E-state index contributed by atoms with van der Waals surface area (Å²) in [7, 11) is -1.51. The Labute approximate surface area is 143 Å². The van der Waals surface area contributed by atoms with Crippen molar-refractivity contribution >= 4 is 27.1 Å². The number of unbranched alkanes of at least 4 members (excludes halogenated alkanes) is 1. The van der Waals surface area contributed by atoms with Crippen molar-refractivity contribution in [1.29, 1.82) is 0 Å². The molecule has 0 aliphatic heterocycles. The number of hydrogen-bond donors (Lipinski definition) is 2. The zero-order chi connectivity index (χ0) is 17.3. The minimum Gasteiger partial charge on any atom is -0.390 e. The van der Waals surface area contributed by atoms with Gasteiger partial charge >= 0.3 is 0 Å². The summed E-state index contributed by atoms with van der Waals surface area (Å²) in [6.07, 6.45) is 1.12. The lowest BCUT2D eigenvalue weighted by atomic mass is 10.3. The summed E-state index contributed by atoms with van der Waals surface area (Å²) in [5, 5.41) is 14.9. The van der Waals surface area contributed by atoms with Gasteiger partial charge in [0.1, 0.15) is 4.21 Å². The van der Waals surface area contributed by atoms with Gasteiger partial charge in [-0.25, -0.2) is 8.42 Å². The van der Waals surface area contributed by atoms with E-state index in [1.54, 1.807) is 17.5 Å². The van der Waals surface area contributed by atoms with Crippen LogP contribution in [0.1, 0.15) is 26.7 Å². The second kappa shape index (κ2) is 9.89. The van der Waals surface area contributed by atoms with Crippen molar-refractivity contribution in [3.63, 3.8) is 0 Å². The number of aliphatic imine (C=N–C) groups is 1. The van der Waals surface area contributed by atoms with E-state index in [9.17, 15) is 13.5 Å². The van der Waals surface area contributed by atoms with Crippen LogP contribution in [0.4, 0.5) is 0 Å². The summed E-state index contributed by atoms with van der Waals surface area (Å²) in [4.78, 5) is 6.35. The predicted octanol–water partition coefficient (Wildman–Crippen LogP) is 1.58. The number of nitrogens with one attached hydrogen (secondary N) is 1. The van der Waals surface area contributed by atoms with E-state index < -0.39 is 15.9 Å². The number of nitrogens with zero attached hydrogens (tertiary/aromatic N) is 2. The highest BCUT2D eigenvalue weighted by molar-refractivity contribution is 7.93. The number of aliphatic hydroxyl groups excluding tert-OH is 1. The molecule has 1 atom stereocenters. The molecule has 0 aromatic carbocycles. The number of aliphatic hydroxyl groups is 1. The molecule has 2 N–H and O–H groups in total. The molecule has 1 aromatic rings. The van der Waals surface area contributed by atoms with Crippen LogP contribution in [0.5, 0.6) is 0 Å². The fourth-order valence-electron chi connectivity index (χ4n) is 1.99. The van der Waals surface area contributed by atoms with Gasteiger partial charge in [0.15, 0.2) is 15.8 Å². The molecule has 0 saturated carbocycles. The fourth-order valence-corrected chi connectivity index (χ4v) is 4.46. The summed E-state index contributed by atoms with van der Waals surface area (Å²) in [6.45, 7) is 5.74. The Morgan fingerprint density at radius 1 is 1.48 bits per heavy atom. The Hall–Kier alpha value is -1.12. The van der Waals surface area contributed by atoms with Gasteiger partial charge < -0.3 is 15.3 Å². The Balaban J connectivity index is 2.64. The molecule has 0 radical (unpaired) electrons. The normalized spacial score (nSPS) is 13.8. The monoisotopic (exact) mass is 361 g/mol. The van der Waals surface area contributed by atoms with Crippen LogP contribution in [-0.4, -0.2) is 62.9 Å². The second-order valence-corrected chi connectivity index (χ2v) is 8.55. The quantitative estimate of drug-likeness (QED) is 0.515. The number of rotatable bonds is 9. The Morgan fingerprint density at radius 2 is 2.22 bits per heavy atom. The predicted molar refractivity (Wildman–Crippen MR) is 95.9 cm³/mol. The number of thiophene rings is 1. The summed E-state index contributed by atoms with van der Waals surface area (Å²) < 4.78 is 24.5. The topological polar surface area (TPSA) is 82.0 Å². The molecular formula is C15H27N3O3S2. The van der Waals surface area contributed by atoms with Crippen molar-refractivity contribution in [2.75, 3.05) is 32.4 Å². The summed E-state index contributed by atoms with van der Waals surface area (Å²) in [5.41, 5.74) is 0. The number of sulfone groups is 1. The van der Waals surface area contributed by atoms with Gasteiger partial charge in [0.2, 0.25) is 0 Å². The molecule has 0 aliphatic carbocycles. The molecule has 1 heterocycles. The molecule has 0 saturated heterocycles. The molecule has 0 fully saturated rings. The van der Waals surface area contributed by atoms with Crippen LogP contribution in [0.15, 0.2) is 26.7 Å². The maximum Gasteiger partial charge on any atom is 0.193 e. The molecule has 0 aliphatic rings. The van der Waals surface area contributed by atoms with Crippen LogP contribution in [0, 0.1) is 0 Å². The Morgan fingerprint density at radius 3 is 2.78 bits per heavy atom. The maximum absolute atomic E-state index is 12.1. The van der Waals surface area contributed by atoms with Gasteiger partial charge in [0.25, 0.3) is 0 Å². The molecular weight excluding hydrogens is 334 g/mol. The van der Waals surface area contributed by atoms with Crippen molar-refractivity contribution in [2.45, 2.75) is 37.0 Å². The lowest BCUT2D eigenvalue weighted by Crippen LogP contribution is -2.40. The molecule has 1 rings (SSSR count). The number of guanidine groups is 1. The molecule has 0 amide bonds. The molecule has 0 spiro atoms. The van der Waals surface area contributed by atoms with Crippen LogP contribution < -0.4 is 5.32 Å². The van der Waals surface area contributed by atoms with Gasteiger partial charge in [0.05, 0.1) is 18.4 Å². The van der Waals surface area contributed by atoms with Gasteiger partial charge in [0, 0.05) is 20.1 Å². The van der Waals surface area contributed by atoms with Gasteiger partial charge in [-0.05, 0) is 24.8 Å². The van der Waals surface area contributed by atoms with E-state index in [0.29, 0.717) is 5.96 Å². The summed E-state index contributed by atoms with van der Waals surface area (Å²) in [5.74, 6) is 0.378. The third kappa shape index (κ3) is 6.88. The lowest BCUT2D eigenvalue weighted by Gasteiger charge is -2.22. The molecule has 0 bridgehead atoms. The third-order valence-electron chi connectivity index (χ3n) is 3.21. The molecule has 1 unspecified atom stereocenters. The average Bonchev–Trinajstić information content (AvgIpc) is 3.03. The van der Waals surface area contributed by atoms with E-state index in [-0.39, 0.29) is 16.5 Å². The van der Waals surface area contributed by atoms with Crippen LogP contribution in [0.3, 0.4) is 0 Å². The molecule has 132 valence electrons. The van der Waals surface area contributed by atoms with Crippen LogP contribution >= 0.6 is 11.3 Å². The Bertz CT molecular complexity index is 571. The highest BCUT2D eigenvalue weighted by Crippen LogP contribution is 2.18. The smallest absolute Gasteiger partial charge is 0.193 e. The number of hydrogen-bond acceptors (Lipinski definition) is 5. The molecule has 6 nitrogen and oxygen atoms in total. The Kier molecular flexibility index (Phi) is 8.57. The highest BCUT2D eigenvalue weighted by Gasteiger charge is 2.20. The first-order chi connectivity index (χ1) is 10.9. The van der Waals surface area contributed by atoms with Crippen LogP contribution in [-0.2, 0) is 9.84 Å². The standard InChI is InChI=1S/C15H27N3O3S2/c1-4-6-9-18(3)15(16-5-2)17-11-13(19)12-23(20,21)14-8-7-10-22-14/h7-8,10,13,19H,4-6,9,11-12H2,1-3H3,(H,16,17). The van der Waals surface area contributed by atoms with Crippen molar-refractivity contribution in [3.05, 3.63) is 17.5 Å². The van der Waals surface area contributed by atoms with E-state index in [2.05, 4.69) is 17.2 Å². The molecule has 8 heteroatoms. The zero-order valence-electron chi connectivity index (χ0n) is 14.0. The molecule has 23 heavy (non-hydrogen) atoms. The van der Waals surface area contributed by atoms with Crippen molar-refractivity contribution in [2.24, 2.45) is 4.99 Å². The maximum atomic E-state index is 12.1. The van der Waals surface area contributed by atoms with Crippen molar-refractivity contribution in [3.8, 4) is 0 Å². The minimum atomic E-state index is -3.45. The van der Waals surface area contributed by atoms with Crippen LogP contribution in [0.2, 0.25) is 0 Å². The fraction of sp³-hybridized carbons (Fsp3) is 0.667. The summed E-state index contributed by atoms with van der Waals surface area (Å²) >= 11 is 1.16. The van der Waals surface area contributed by atoms with Crippen LogP contribution in [0.25, 0.3) is 0 Å². The molecule has 1 aromatic heterocycles. The van der Waals surface area contributed by atoms with E-state index >= 15 is 0 Å². The van der Waals surface area contributed by atoms with Crippen molar-refractivity contribution < 1.29 is 13.5 Å². The van der Waals surface area contributed by atoms with E-state index in [4.69, 9.17) is 0 Å². The first-order valence-corrected chi connectivity index (χ1v) is 10.4. The largest absolute Gasteiger partial charge is 0.390 e. The van der Waals surface area contributed by atoms with Gasteiger partial charge in [-0.1, -0.05) is 19.4 Å². The van der Waals surface area contributed by atoms with Gasteiger partial charge in [-0.3, -0.25) is 4.99 Å². The SMILES string of the molecule is CCCCN(C)C(=NCC(O)CS(=O)(=O)c1cccs1)NCC. The van der Waals surface area contributed by atoms with Crippen molar-refractivity contribution in [1.82, 2.24) is 10.2 Å². The van der Waals surface area contributed by atoms with Gasteiger partial charge in [-0.2, -0.15) is 0 Å². The third-order valence-corrected chi connectivity index (χ3v) is 6.49. The van der Waals surface area contributed by atoms with E-state index in [0.717, 1.165) is 37.3 Å². The highest BCUT2D eigenvalue weighted by atomic mass is 32.2. The zero-order valence-corrected chi connectivity index (χ0v) is 15.7. The second-order valence-electron chi connectivity index (χ2n) is 5.34. The van der Waals surface area contributed by atoms with E-state index in [1.165, 1.54) is 0 Å². The lowest BCUT2D eigenvalue weighted by molar-refractivity contribution is 0.205. The average molecular weight is 362 g/mol. The minimum absolute atomic E-state index is 0.0589. The first kappa shape index (κ1) is 19.9. The summed E-state index contributed by atoms with van der Waals surface area (Å²) in [6, 6.07) is 3.24. The van der Waals surface area contributed by atoms with Gasteiger partial charge in [-0.15, -0.1) is 11.3 Å². The first-order valence-electron chi connectivity index (χ1n) is 7.84.